The molecule has 0 atom stereocenters. The molecule has 0 saturated heterocycles. The number of benzene rings is 1. The van der Waals surface area contributed by atoms with Crippen LogP contribution in [0.3, 0.4) is 0 Å². The zero-order valence-electron chi connectivity index (χ0n) is 12.4. The number of carbonyl (C=O) groups is 1. The molecule has 1 aromatic carbocycles. The zero-order chi connectivity index (χ0) is 15.5. The van der Waals surface area contributed by atoms with Gasteiger partial charge in [-0.25, -0.2) is 0 Å². The Morgan fingerprint density at radius 3 is 2.48 bits per heavy atom. The second-order valence-corrected chi connectivity index (χ2v) is 5.85. The van der Waals surface area contributed by atoms with E-state index in [0.717, 1.165) is 5.69 Å². The third-order valence-electron chi connectivity index (χ3n) is 2.91. The van der Waals surface area contributed by atoms with E-state index in [9.17, 15) is 4.79 Å². The fraction of sp³-hybridized carbons (Fsp3) is 0.400. The molecular weight excluding hydrogens is 270 g/mol. The molecular formula is C15H19N3O3. The molecule has 1 heterocycles. The van der Waals surface area contributed by atoms with Crippen molar-refractivity contribution in [1.82, 2.24) is 10.1 Å². The number of carboxylic acid groups (broad SMARTS) is 1. The number of hydrogen-bond donors (Lipinski definition) is 1. The van der Waals surface area contributed by atoms with E-state index in [1.807, 2.05) is 51.1 Å². The van der Waals surface area contributed by atoms with Crippen molar-refractivity contribution >= 4 is 11.7 Å². The summed E-state index contributed by atoms with van der Waals surface area (Å²) in [4.78, 5) is 17.1. The predicted molar refractivity (Wildman–Crippen MR) is 78.1 cm³/mol. The standard InChI is InChI=1S/C15H19N3O3/c1-15(2,3)14-16-12(21-17-14)9-18(10-13(19)20)11-7-5-4-6-8-11/h4-8H,9-10H2,1-3H3,(H,19,20). The van der Waals surface area contributed by atoms with E-state index in [0.29, 0.717) is 11.7 Å². The van der Waals surface area contributed by atoms with Crippen molar-refractivity contribution in [2.45, 2.75) is 32.7 Å². The molecule has 1 N–H and O–H groups in total. The molecule has 0 radical (unpaired) electrons. The predicted octanol–water partition coefficient (Wildman–Crippen LogP) is 2.46. The van der Waals surface area contributed by atoms with Crippen molar-refractivity contribution in [2.75, 3.05) is 11.4 Å². The van der Waals surface area contributed by atoms with Gasteiger partial charge in [-0.2, -0.15) is 4.98 Å². The maximum atomic E-state index is 11.0. The van der Waals surface area contributed by atoms with Crippen LogP contribution in [0.15, 0.2) is 34.9 Å². The van der Waals surface area contributed by atoms with E-state index in [-0.39, 0.29) is 18.5 Å². The molecule has 0 saturated carbocycles. The van der Waals surface area contributed by atoms with E-state index in [2.05, 4.69) is 10.1 Å². The van der Waals surface area contributed by atoms with Crippen LogP contribution < -0.4 is 4.90 Å². The number of hydrogen-bond acceptors (Lipinski definition) is 5. The van der Waals surface area contributed by atoms with Crippen molar-refractivity contribution in [2.24, 2.45) is 0 Å². The molecule has 2 aromatic rings. The number of aliphatic carboxylic acids is 1. The second-order valence-electron chi connectivity index (χ2n) is 5.85. The van der Waals surface area contributed by atoms with Crippen LogP contribution in [0, 0.1) is 0 Å². The summed E-state index contributed by atoms with van der Waals surface area (Å²) in [5, 5.41) is 13.0. The molecule has 6 heteroatoms. The Morgan fingerprint density at radius 1 is 1.29 bits per heavy atom. The molecule has 6 nitrogen and oxygen atoms in total. The van der Waals surface area contributed by atoms with E-state index >= 15 is 0 Å². The maximum Gasteiger partial charge on any atom is 0.323 e. The SMILES string of the molecule is CC(C)(C)c1noc(CN(CC(=O)O)c2ccccc2)n1. The van der Waals surface area contributed by atoms with Crippen LogP contribution in [0.25, 0.3) is 0 Å². The molecule has 0 unspecified atom stereocenters. The average Bonchev–Trinajstić information content (AvgIpc) is 2.87. The quantitative estimate of drug-likeness (QED) is 0.910. The molecule has 0 aliphatic carbocycles. The minimum Gasteiger partial charge on any atom is -0.480 e. The smallest absolute Gasteiger partial charge is 0.323 e. The lowest BCUT2D eigenvalue weighted by Gasteiger charge is -2.20. The summed E-state index contributed by atoms with van der Waals surface area (Å²) < 4.78 is 5.23. The van der Waals surface area contributed by atoms with Crippen molar-refractivity contribution in [3.8, 4) is 0 Å². The van der Waals surface area contributed by atoms with Gasteiger partial charge in [0.15, 0.2) is 5.82 Å². The fourth-order valence-corrected chi connectivity index (χ4v) is 1.83. The Bertz CT molecular complexity index is 602. The van der Waals surface area contributed by atoms with E-state index in [1.54, 1.807) is 4.90 Å². The number of aromatic nitrogens is 2. The number of rotatable bonds is 5. The first-order valence-corrected chi connectivity index (χ1v) is 6.71. The minimum absolute atomic E-state index is 0.128. The maximum absolute atomic E-state index is 11.0. The molecule has 1 aromatic heterocycles. The molecule has 0 aliphatic heterocycles. The van der Waals surface area contributed by atoms with Crippen LogP contribution in [0.4, 0.5) is 5.69 Å². The largest absolute Gasteiger partial charge is 0.480 e. The van der Waals surface area contributed by atoms with Gasteiger partial charge in [0.25, 0.3) is 0 Å². The molecule has 0 fully saturated rings. The van der Waals surface area contributed by atoms with Gasteiger partial charge in [0.05, 0.1) is 6.54 Å². The van der Waals surface area contributed by atoms with Crippen LogP contribution in [0.5, 0.6) is 0 Å². The van der Waals surface area contributed by atoms with Crippen molar-refractivity contribution in [3.63, 3.8) is 0 Å². The summed E-state index contributed by atoms with van der Waals surface area (Å²) in [5.74, 6) is 0.111. The van der Waals surface area contributed by atoms with E-state index < -0.39 is 5.97 Å². The van der Waals surface area contributed by atoms with Crippen LogP contribution in [0.2, 0.25) is 0 Å². The Kier molecular flexibility index (Phi) is 4.26. The molecule has 112 valence electrons. The number of anilines is 1. The summed E-state index contributed by atoms with van der Waals surface area (Å²) in [6, 6.07) is 9.30. The lowest BCUT2D eigenvalue weighted by molar-refractivity contribution is -0.135. The summed E-state index contributed by atoms with van der Waals surface area (Å²) in [6.45, 7) is 6.12. The Morgan fingerprint density at radius 2 is 1.95 bits per heavy atom. The highest BCUT2D eigenvalue weighted by atomic mass is 16.5. The van der Waals surface area contributed by atoms with Crippen molar-refractivity contribution in [3.05, 3.63) is 42.0 Å². The van der Waals surface area contributed by atoms with Gasteiger partial charge < -0.3 is 14.5 Å². The highest BCUT2D eigenvalue weighted by Gasteiger charge is 2.22. The van der Waals surface area contributed by atoms with Gasteiger partial charge in [0.1, 0.15) is 6.54 Å². The summed E-state index contributed by atoms with van der Waals surface area (Å²) >= 11 is 0. The second kappa shape index (κ2) is 5.95. The van der Waals surface area contributed by atoms with Crippen LogP contribution in [-0.4, -0.2) is 27.8 Å². The van der Waals surface area contributed by atoms with Gasteiger partial charge in [-0.05, 0) is 12.1 Å². The third-order valence-corrected chi connectivity index (χ3v) is 2.91. The first kappa shape index (κ1) is 15.0. The normalized spacial score (nSPS) is 11.4. The van der Waals surface area contributed by atoms with E-state index in [1.165, 1.54) is 0 Å². The van der Waals surface area contributed by atoms with Crippen molar-refractivity contribution < 1.29 is 14.4 Å². The summed E-state index contributed by atoms with van der Waals surface area (Å²) in [6.07, 6.45) is 0. The van der Waals surface area contributed by atoms with Gasteiger partial charge in [-0.3, -0.25) is 4.79 Å². The highest BCUT2D eigenvalue weighted by molar-refractivity contribution is 5.73. The summed E-state index contributed by atoms with van der Waals surface area (Å²) in [5.41, 5.74) is 0.599. The summed E-state index contributed by atoms with van der Waals surface area (Å²) in [7, 11) is 0. The lowest BCUT2D eigenvalue weighted by atomic mass is 9.96. The molecule has 2 rings (SSSR count). The molecule has 0 bridgehead atoms. The zero-order valence-corrected chi connectivity index (χ0v) is 12.4. The Hall–Kier alpha value is -2.37. The Labute approximate surface area is 123 Å². The number of carboxylic acids is 1. The van der Waals surface area contributed by atoms with Gasteiger partial charge in [-0.15, -0.1) is 0 Å². The van der Waals surface area contributed by atoms with Gasteiger partial charge in [0.2, 0.25) is 5.89 Å². The van der Waals surface area contributed by atoms with Gasteiger partial charge in [-0.1, -0.05) is 44.1 Å². The van der Waals surface area contributed by atoms with Crippen LogP contribution in [-0.2, 0) is 16.8 Å². The monoisotopic (exact) mass is 289 g/mol. The topological polar surface area (TPSA) is 79.5 Å². The van der Waals surface area contributed by atoms with E-state index in [4.69, 9.17) is 9.63 Å². The third kappa shape index (κ3) is 4.05. The van der Waals surface area contributed by atoms with Crippen molar-refractivity contribution in [1.29, 1.82) is 0 Å². The van der Waals surface area contributed by atoms with Crippen LogP contribution in [0.1, 0.15) is 32.5 Å². The van der Waals surface area contributed by atoms with Gasteiger partial charge in [0, 0.05) is 11.1 Å². The molecule has 0 amide bonds. The lowest BCUT2D eigenvalue weighted by Crippen LogP contribution is -2.29. The van der Waals surface area contributed by atoms with Crippen LogP contribution >= 0.6 is 0 Å². The minimum atomic E-state index is -0.908. The molecule has 0 aliphatic rings. The van der Waals surface area contributed by atoms with Gasteiger partial charge >= 0.3 is 5.97 Å². The average molecular weight is 289 g/mol. The fourth-order valence-electron chi connectivity index (χ4n) is 1.83. The molecule has 0 spiro atoms. The first-order valence-electron chi connectivity index (χ1n) is 6.71. The highest BCUT2D eigenvalue weighted by Crippen LogP contribution is 2.20. The Balaban J connectivity index is 2.19. The first-order chi connectivity index (χ1) is 9.86. The molecule has 21 heavy (non-hydrogen) atoms. The number of para-hydroxylation sites is 1. The number of nitrogens with zero attached hydrogens (tertiary/aromatic N) is 3.